The Morgan fingerprint density at radius 1 is 1.11 bits per heavy atom. The predicted octanol–water partition coefficient (Wildman–Crippen LogP) is 4.68. The summed E-state index contributed by atoms with van der Waals surface area (Å²) in [6.45, 7) is 0.677. The molecule has 0 amide bonds. The lowest BCUT2D eigenvalue weighted by Gasteiger charge is -2.25. The van der Waals surface area contributed by atoms with Gasteiger partial charge in [0.1, 0.15) is 6.04 Å². The van der Waals surface area contributed by atoms with Gasteiger partial charge in [-0.3, -0.25) is 4.79 Å². The van der Waals surface area contributed by atoms with Crippen molar-refractivity contribution in [3.63, 3.8) is 0 Å². The number of nitrogens with zero attached hydrogens (tertiary/aromatic N) is 1. The van der Waals surface area contributed by atoms with Crippen molar-refractivity contribution >= 4 is 23.5 Å². The smallest absolute Gasteiger partial charge is 0.335 e. The van der Waals surface area contributed by atoms with E-state index < -0.39 is 0 Å². The van der Waals surface area contributed by atoms with Crippen molar-refractivity contribution in [2.24, 2.45) is 0 Å². The van der Waals surface area contributed by atoms with Crippen LogP contribution in [0.1, 0.15) is 60.4 Å². The normalized spacial score (nSPS) is 22.3. The summed E-state index contributed by atoms with van der Waals surface area (Å²) in [5.74, 6) is 0.456. The van der Waals surface area contributed by atoms with Crippen LogP contribution in [0.3, 0.4) is 0 Å². The molecule has 0 aromatic heterocycles. The molecule has 1 unspecified atom stereocenters. The minimum absolute atomic E-state index is 0.108. The summed E-state index contributed by atoms with van der Waals surface area (Å²) in [5.41, 5.74) is 3.64. The summed E-state index contributed by atoms with van der Waals surface area (Å²) < 4.78 is 4.92. The van der Waals surface area contributed by atoms with Gasteiger partial charge in [0, 0.05) is 22.7 Å². The highest BCUT2D eigenvalue weighted by atomic mass is 32.2. The third-order valence-electron chi connectivity index (χ3n) is 6.27. The molecule has 1 fully saturated rings. The molecule has 0 N–H and O–H groups in total. The zero-order chi connectivity index (χ0) is 19.7. The number of hydrogen-bond acceptors (Lipinski definition) is 5. The van der Waals surface area contributed by atoms with E-state index in [1.54, 1.807) is 11.8 Å². The summed E-state index contributed by atoms with van der Waals surface area (Å²) >= 11 is 1.58. The quantitative estimate of drug-likeness (QED) is 0.533. The molecule has 0 bridgehead atoms. The maximum Gasteiger partial charge on any atom is 0.335 e. The second kappa shape index (κ2) is 8.16. The number of benzene rings is 1. The van der Waals surface area contributed by atoms with Gasteiger partial charge in [0.05, 0.1) is 12.7 Å². The van der Waals surface area contributed by atoms with Gasteiger partial charge in [-0.05, 0) is 43.1 Å². The Kier molecular flexibility index (Phi) is 5.63. The van der Waals surface area contributed by atoms with Crippen LogP contribution < -0.4 is 0 Å². The lowest BCUT2D eigenvalue weighted by atomic mass is 9.83. The van der Waals surface area contributed by atoms with E-state index in [1.807, 2.05) is 24.5 Å². The molecule has 0 saturated heterocycles. The molecule has 2 aliphatic heterocycles. The lowest BCUT2D eigenvalue weighted by Crippen LogP contribution is -2.36. The third kappa shape index (κ3) is 3.41. The zero-order valence-corrected chi connectivity index (χ0v) is 17.4. The molecule has 1 saturated carbocycles. The Morgan fingerprint density at radius 2 is 1.82 bits per heavy atom. The van der Waals surface area contributed by atoms with Gasteiger partial charge in [-0.1, -0.05) is 43.5 Å². The number of carbonyl (C=O) groups excluding carboxylic acids is 2. The van der Waals surface area contributed by atoms with Gasteiger partial charge in [0.25, 0.3) is 0 Å². The van der Waals surface area contributed by atoms with Crippen LogP contribution in [0.5, 0.6) is 0 Å². The van der Waals surface area contributed by atoms with Crippen LogP contribution in [-0.4, -0.2) is 42.6 Å². The number of ketones is 1. The van der Waals surface area contributed by atoms with Gasteiger partial charge < -0.3 is 9.64 Å². The molecule has 4 rings (SSSR count). The van der Waals surface area contributed by atoms with E-state index in [-0.39, 0.29) is 17.8 Å². The Labute approximate surface area is 171 Å². The number of fused-ring (bicyclic) bond motifs is 1. The first-order valence-electron chi connectivity index (χ1n) is 10.1. The van der Waals surface area contributed by atoms with E-state index in [2.05, 4.69) is 17.0 Å². The average Bonchev–Trinajstić information content (AvgIpc) is 3.32. The van der Waals surface area contributed by atoms with Gasteiger partial charge in [-0.15, -0.1) is 11.8 Å². The summed E-state index contributed by atoms with van der Waals surface area (Å²) in [6, 6.07) is 7.93. The van der Waals surface area contributed by atoms with E-state index in [0.717, 1.165) is 16.2 Å². The highest BCUT2D eigenvalue weighted by Gasteiger charge is 2.41. The lowest BCUT2D eigenvalue weighted by molar-refractivity contribution is -0.136. The van der Waals surface area contributed by atoms with Crippen LogP contribution in [0.25, 0.3) is 0 Å². The second-order valence-corrected chi connectivity index (χ2v) is 8.65. The standard InChI is InChI=1S/C23H27NO3S/c1-27-23(26)18-12-13-24-19(18)14-20(28-2)21(24)22(25)17-10-8-16(9-11-17)15-6-4-3-5-7-15/h8-11,14-15,21H,3-7,12-13H2,1-2H3. The van der Waals surface area contributed by atoms with Gasteiger partial charge in [-0.25, -0.2) is 4.79 Å². The van der Waals surface area contributed by atoms with Gasteiger partial charge in [-0.2, -0.15) is 0 Å². The number of allylic oxidation sites excluding steroid dienone is 1. The molecule has 0 spiro atoms. The molecule has 1 aromatic rings. The maximum atomic E-state index is 13.4. The fourth-order valence-corrected chi connectivity index (χ4v) is 5.43. The Bertz CT molecular complexity index is 834. The van der Waals surface area contributed by atoms with Crippen molar-refractivity contribution < 1.29 is 14.3 Å². The maximum absolute atomic E-state index is 13.4. The highest BCUT2D eigenvalue weighted by molar-refractivity contribution is 8.02. The SMILES string of the molecule is COC(=O)C1=C2C=C(SC)C(C(=O)c3ccc(C4CCCCC4)cc3)N2CC1. The molecule has 1 aliphatic carbocycles. The largest absolute Gasteiger partial charge is 0.466 e. The first kappa shape index (κ1) is 19.3. The molecule has 4 nitrogen and oxygen atoms in total. The molecule has 5 heteroatoms. The first-order valence-corrected chi connectivity index (χ1v) is 11.3. The zero-order valence-electron chi connectivity index (χ0n) is 16.6. The van der Waals surface area contributed by atoms with Crippen LogP contribution in [0.2, 0.25) is 0 Å². The minimum atomic E-state index is -0.326. The summed E-state index contributed by atoms with van der Waals surface area (Å²) in [7, 11) is 1.41. The number of Topliss-reactive ketones (excluding diaryl/α,β-unsaturated/α-hetero) is 1. The van der Waals surface area contributed by atoms with Crippen LogP contribution in [0.4, 0.5) is 0 Å². The van der Waals surface area contributed by atoms with Crippen molar-refractivity contribution in [1.82, 2.24) is 4.90 Å². The highest BCUT2D eigenvalue weighted by Crippen LogP contribution is 2.41. The molecule has 28 heavy (non-hydrogen) atoms. The van der Waals surface area contributed by atoms with Crippen LogP contribution in [-0.2, 0) is 9.53 Å². The van der Waals surface area contributed by atoms with E-state index in [9.17, 15) is 9.59 Å². The van der Waals surface area contributed by atoms with Gasteiger partial charge >= 0.3 is 5.97 Å². The Morgan fingerprint density at radius 3 is 2.46 bits per heavy atom. The molecule has 2 heterocycles. The van der Waals surface area contributed by atoms with E-state index in [0.29, 0.717) is 24.5 Å². The first-order chi connectivity index (χ1) is 13.6. The predicted molar refractivity (Wildman–Crippen MR) is 112 cm³/mol. The number of ether oxygens (including phenoxy) is 1. The topological polar surface area (TPSA) is 46.6 Å². The Hall–Kier alpha value is -2.01. The molecule has 3 aliphatic rings. The van der Waals surface area contributed by atoms with Crippen LogP contribution >= 0.6 is 11.8 Å². The number of rotatable bonds is 5. The van der Waals surface area contributed by atoms with Crippen molar-refractivity contribution in [3.05, 3.63) is 57.6 Å². The summed E-state index contributed by atoms with van der Waals surface area (Å²) in [5, 5.41) is 0. The third-order valence-corrected chi connectivity index (χ3v) is 7.08. The molecule has 0 radical (unpaired) electrons. The number of carbonyl (C=O) groups is 2. The average molecular weight is 398 g/mol. The van der Waals surface area contributed by atoms with Crippen molar-refractivity contribution in [3.8, 4) is 0 Å². The number of hydrogen-bond donors (Lipinski definition) is 0. The Balaban J connectivity index is 1.57. The molecular formula is C23H27NO3S. The summed E-state index contributed by atoms with van der Waals surface area (Å²) in [4.78, 5) is 28.5. The number of methoxy groups -OCH3 is 1. The van der Waals surface area contributed by atoms with Crippen molar-refractivity contribution in [1.29, 1.82) is 0 Å². The summed E-state index contributed by atoms with van der Waals surface area (Å²) in [6.07, 6.45) is 11.1. The molecule has 148 valence electrons. The van der Waals surface area contributed by atoms with Crippen molar-refractivity contribution in [2.75, 3.05) is 19.9 Å². The molecule has 1 aromatic carbocycles. The second-order valence-electron chi connectivity index (χ2n) is 7.77. The minimum Gasteiger partial charge on any atom is -0.466 e. The fourth-order valence-electron chi connectivity index (χ4n) is 4.74. The van der Waals surface area contributed by atoms with Crippen LogP contribution in [0.15, 0.2) is 46.5 Å². The van der Waals surface area contributed by atoms with E-state index >= 15 is 0 Å². The fraction of sp³-hybridized carbons (Fsp3) is 0.478. The number of thioether (sulfide) groups is 1. The monoisotopic (exact) mass is 397 g/mol. The molecule has 1 atom stereocenters. The molecular weight excluding hydrogens is 370 g/mol. The number of esters is 1. The van der Waals surface area contributed by atoms with E-state index in [4.69, 9.17) is 4.74 Å². The van der Waals surface area contributed by atoms with Gasteiger partial charge in [0.15, 0.2) is 5.78 Å². The van der Waals surface area contributed by atoms with Gasteiger partial charge in [0.2, 0.25) is 0 Å². The van der Waals surface area contributed by atoms with Crippen LogP contribution in [0, 0.1) is 0 Å². The van der Waals surface area contributed by atoms with E-state index in [1.165, 1.54) is 44.8 Å². The van der Waals surface area contributed by atoms with Crippen molar-refractivity contribution in [2.45, 2.75) is 50.5 Å².